The van der Waals surface area contributed by atoms with Crippen LogP contribution in [0, 0.1) is 11.3 Å². The fraction of sp³-hybridized carbons (Fsp3) is 0.929. The van der Waals surface area contributed by atoms with Crippen molar-refractivity contribution in [3.8, 4) is 0 Å². The molecule has 0 saturated carbocycles. The molecule has 0 rings (SSSR count). The summed E-state index contributed by atoms with van der Waals surface area (Å²) in [6.45, 7) is 11.4. The second-order valence-corrected chi connectivity index (χ2v) is 6.05. The molecule has 0 aromatic rings. The van der Waals surface area contributed by atoms with Crippen LogP contribution in [0.3, 0.4) is 0 Å². The van der Waals surface area contributed by atoms with Gasteiger partial charge in [-0.05, 0) is 37.6 Å². The van der Waals surface area contributed by atoms with Crippen LogP contribution in [0.15, 0.2) is 0 Å². The van der Waals surface area contributed by atoms with Crippen LogP contribution in [0.2, 0.25) is 0 Å². The molecular weight excluding hydrogens is 212 g/mol. The lowest BCUT2D eigenvalue weighted by molar-refractivity contribution is -0.122. The smallest absolute Gasteiger partial charge is 0.220 e. The van der Waals surface area contributed by atoms with Crippen LogP contribution in [-0.2, 0) is 4.79 Å². The van der Waals surface area contributed by atoms with E-state index in [0.29, 0.717) is 12.3 Å². The molecule has 0 aliphatic rings. The topological polar surface area (TPSA) is 55.1 Å². The Bertz CT molecular complexity index is 221. The van der Waals surface area contributed by atoms with Gasteiger partial charge in [0, 0.05) is 12.5 Å². The fourth-order valence-corrected chi connectivity index (χ4v) is 1.65. The molecule has 3 nitrogen and oxygen atoms in total. The number of hydrogen-bond acceptors (Lipinski definition) is 2. The Hall–Kier alpha value is -0.570. The second kappa shape index (κ2) is 7.70. The zero-order chi connectivity index (χ0) is 13.5. The monoisotopic (exact) mass is 242 g/mol. The molecule has 0 aromatic carbocycles. The fourth-order valence-electron chi connectivity index (χ4n) is 1.65. The van der Waals surface area contributed by atoms with Gasteiger partial charge in [-0.25, -0.2) is 0 Å². The van der Waals surface area contributed by atoms with Gasteiger partial charge in [0.2, 0.25) is 5.91 Å². The number of nitrogens with two attached hydrogens (primary N) is 1. The molecule has 2 unspecified atom stereocenters. The summed E-state index contributed by atoms with van der Waals surface area (Å²) in [6, 6.07) is 0.213. The first-order valence-corrected chi connectivity index (χ1v) is 6.80. The van der Waals surface area contributed by atoms with E-state index in [-0.39, 0.29) is 17.4 Å². The minimum atomic E-state index is 0.122. The van der Waals surface area contributed by atoms with E-state index >= 15 is 0 Å². The molecule has 0 heterocycles. The van der Waals surface area contributed by atoms with E-state index in [1.165, 1.54) is 0 Å². The lowest BCUT2D eigenvalue weighted by atomic mass is 9.88. The van der Waals surface area contributed by atoms with E-state index in [0.717, 1.165) is 25.8 Å². The van der Waals surface area contributed by atoms with Gasteiger partial charge in [-0.2, -0.15) is 0 Å². The third-order valence-corrected chi connectivity index (χ3v) is 3.61. The van der Waals surface area contributed by atoms with Crippen molar-refractivity contribution in [1.29, 1.82) is 0 Å². The molecule has 0 radical (unpaired) electrons. The highest BCUT2D eigenvalue weighted by Gasteiger charge is 2.21. The third-order valence-electron chi connectivity index (χ3n) is 3.61. The van der Waals surface area contributed by atoms with E-state index in [1.54, 1.807) is 0 Å². The first kappa shape index (κ1) is 16.4. The molecule has 0 aliphatic heterocycles. The highest BCUT2D eigenvalue weighted by molar-refractivity contribution is 5.76. The average molecular weight is 242 g/mol. The third kappa shape index (κ3) is 7.37. The Kier molecular flexibility index (Phi) is 7.44. The van der Waals surface area contributed by atoms with Crippen LogP contribution < -0.4 is 11.1 Å². The van der Waals surface area contributed by atoms with Gasteiger partial charge in [-0.3, -0.25) is 4.79 Å². The summed E-state index contributed by atoms with van der Waals surface area (Å²) in [5.74, 6) is 0.763. The number of nitrogens with one attached hydrogen (secondary N) is 1. The summed E-state index contributed by atoms with van der Waals surface area (Å²) < 4.78 is 0. The number of carbonyl (C=O) groups excluding carboxylic acids is 1. The van der Waals surface area contributed by atoms with Crippen molar-refractivity contribution in [2.75, 3.05) is 6.54 Å². The largest absolute Gasteiger partial charge is 0.353 e. The van der Waals surface area contributed by atoms with E-state index in [4.69, 9.17) is 5.73 Å². The maximum Gasteiger partial charge on any atom is 0.220 e. The zero-order valence-electron chi connectivity index (χ0n) is 12.2. The van der Waals surface area contributed by atoms with Crippen molar-refractivity contribution >= 4 is 5.91 Å². The Balaban J connectivity index is 3.94. The predicted octanol–water partition coefficient (Wildman–Crippen LogP) is 2.69. The van der Waals surface area contributed by atoms with Crippen LogP contribution in [-0.4, -0.2) is 18.5 Å². The van der Waals surface area contributed by atoms with Crippen molar-refractivity contribution in [3.05, 3.63) is 0 Å². The first-order valence-electron chi connectivity index (χ1n) is 6.80. The summed E-state index contributed by atoms with van der Waals surface area (Å²) in [6.07, 6.45) is 3.72. The van der Waals surface area contributed by atoms with E-state index in [9.17, 15) is 4.79 Å². The Morgan fingerprint density at radius 1 is 1.29 bits per heavy atom. The van der Waals surface area contributed by atoms with Crippen LogP contribution in [0.25, 0.3) is 0 Å². The summed E-state index contributed by atoms with van der Waals surface area (Å²) >= 11 is 0. The maximum atomic E-state index is 11.8. The zero-order valence-corrected chi connectivity index (χ0v) is 12.2. The van der Waals surface area contributed by atoms with Crippen LogP contribution >= 0.6 is 0 Å². The molecule has 102 valence electrons. The molecule has 0 fully saturated rings. The van der Waals surface area contributed by atoms with Gasteiger partial charge in [0.1, 0.15) is 0 Å². The van der Waals surface area contributed by atoms with Crippen LogP contribution in [0.1, 0.15) is 60.3 Å². The molecule has 2 atom stereocenters. The quantitative estimate of drug-likeness (QED) is 0.721. The molecule has 0 aliphatic carbocycles. The molecule has 3 heteroatoms. The van der Waals surface area contributed by atoms with E-state index in [2.05, 4.69) is 39.9 Å². The van der Waals surface area contributed by atoms with Crippen molar-refractivity contribution in [1.82, 2.24) is 5.32 Å². The Morgan fingerprint density at radius 2 is 1.88 bits per heavy atom. The van der Waals surface area contributed by atoms with Gasteiger partial charge in [0.25, 0.3) is 0 Å². The van der Waals surface area contributed by atoms with Crippen molar-refractivity contribution < 1.29 is 4.79 Å². The second-order valence-electron chi connectivity index (χ2n) is 6.05. The number of hydrogen-bond donors (Lipinski definition) is 2. The van der Waals surface area contributed by atoms with Gasteiger partial charge in [0.05, 0.1) is 0 Å². The highest BCUT2D eigenvalue weighted by Crippen LogP contribution is 2.19. The summed E-state index contributed by atoms with van der Waals surface area (Å²) in [5.41, 5.74) is 5.67. The van der Waals surface area contributed by atoms with Crippen molar-refractivity contribution in [3.63, 3.8) is 0 Å². The summed E-state index contributed by atoms with van der Waals surface area (Å²) in [5, 5.41) is 3.07. The minimum absolute atomic E-state index is 0.122. The molecule has 0 bridgehead atoms. The molecule has 3 N–H and O–H groups in total. The number of amides is 1. The molecule has 17 heavy (non-hydrogen) atoms. The van der Waals surface area contributed by atoms with Gasteiger partial charge in [-0.15, -0.1) is 0 Å². The standard InChI is InChI=1S/C14H30N2O/c1-6-12(9-10-15)7-8-13(17)16-11(2)14(3,4)5/h11-12H,6-10,15H2,1-5H3,(H,16,17). The first-order chi connectivity index (χ1) is 7.81. The number of rotatable bonds is 7. The van der Waals surface area contributed by atoms with Crippen molar-refractivity contribution in [2.24, 2.45) is 17.1 Å². The van der Waals surface area contributed by atoms with Crippen LogP contribution in [0.4, 0.5) is 0 Å². The summed E-state index contributed by atoms with van der Waals surface area (Å²) in [4.78, 5) is 11.8. The van der Waals surface area contributed by atoms with Gasteiger partial charge in [-0.1, -0.05) is 34.1 Å². The Labute approximate surface area is 107 Å². The highest BCUT2D eigenvalue weighted by atomic mass is 16.1. The van der Waals surface area contributed by atoms with Gasteiger partial charge in [0.15, 0.2) is 0 Å². The molecular formula is C14H30N2O. The predicted molar refractivity (Wildman–Crippen MR) is 73.7 cm³/mol. The molecule has 0 saturated heterocycles. The normalized spacial score (nSPS) is 15.4. The molecule has 1 amide bonds. The lowest BCUT2D eigenvalue weighted by Crippen LogP contribution is -2.41. The molecule has 0 aromatic heterocycles. The van der Waals surface area contributed by atoms with Gasteiger partial charge >= 0.3 is 0 Å². The van der Waals surface area contributed by atoms with Gasteiger partial charge < -0.3 is 11.1 Å². The summed E-state index contributed by atoms with van der Waals surface area (Å²) in [7, 11) is 0. The average Bonchev–Trinajstić information content (AvgIpc) is 2.22. The van der Waals surface area contributed by atoms with Crippen molar-refractivity contribution in [2.45, 2.75) is 66.3 Å². The van der Waals surface area contributed by atoms with E-state index < -0.39 is 0 Å². The SMILES string of the molecule is CCC(CCN)CCC(=O)NC(C)C(C)(C)C. The minimum Gasteiger partial charge on any atom is -0.353 e. The molecule has 0 spiro atoms. The van der Waals surface area contributed by atoms with Crippen LogP contribution in [0.5, 0.6) is 0 Å². The number of carbonyl (C=O) groups is 1. The van der Waals surface area contributed by atoms with E-state index in [1.807, 2.05) is 0 Å². The Morgan fingerprint density at radius 3 is 2.29 bits per heavy atom. The maximum absolute atomic E-state index is 11.8. The lowest BCUT2D eigenvalue weighted by Gasteiger charge is -2.28.